The first-order valence-electron chi connectivity index (χ1n) is 14.3. The van der Waals surface area contributed by atoms with Crippen LogP contribution < -0.4 is 56.8 Å². The van der Waals surface area contributed by atoms with Crippen LogP contribution in [0.3, 0.4) is 0 Å². The van der Waals surface area contributed by atoms with E-state index in [1.54, 1.807) is 6.92 Å². The van der Waals surface area contributed by atoms with E-state index in [1.165, 1.54) is 29.1 Å². The summed E-state index contributed by atoms with van der Waals surface area (Å²) in [5, 5.41) is 44.0. The number of nitrogens with one attached hydrogen (secondary N) is 2. The molecule has 0 radical (unpaired) electrons. The van der Waals surface area contributed by atoms with Gasteiger partial charge < -0.3 is 47.3 Å². The number of thioether (sulfide) groups is 1. The number of nitrogens with zero attached hydrogens (tertiary/aromatic N) is 2. The minimum absolute atomic E-state index is 0. The van der Waals surface area contributed by atoms with Crippen LogP contribution in [-0.4, -0.2) is 99.1 Å². The topological polar surface area (TPSA) is 261 Å². The molecule has 0 aromatic rings. The van der Waals surface area contributed by atoms with E-state index in [0.717, 1.165) is 25.0 Å². The van der Waals surface area contributed by atoms with E-state index in [9.17, 15) is 39.3 Å². The number of aliphatic hydroxyl groups is 1. The van der Waals surface area contributed by atoms with Gasteiger partial charge in [-0.15, -0.1) is 0 Å². The number of aliphatic imine (C=N–C) groups is 1. The molecule has 1 saturated carbocycles. The molecule has 15 nitrogen and oxygen atoms in total. The van der Waals surface area contributed by atoms with E-state index >= 15 is 0 Å². The van der Waals surface area contributed by atoms with Crippen LogP contribution in [0.5, 0.6) is 0 Å². The maximum Gasteiger partial charge on any atom is 1.00 e. The third-order valence-corrected chi connectivity index (χ3v) is 8.80. The maximum absolute atomic E-state index is 11.9. The molecule has 3 aliphatic rings. The molecule has 45 heavy (non-hydrogen) atoms. The molecular weight excluding hydrogens is 619 g/mol. The summed E-state index contributed by atoms with van der Waals surface area (Å²) in [5.74, 6) is -3.72. The maximum atomic E-state index is 11.9. The Morgan fingerprint density at radius 3 is 2.40 bits per heavy atom. The number of carboxylic acids is 3. The standard InChI is InChI=1S/C16H26N2O5S.C12H18N4O4.Na/c1-16(2)8-10(16)13(19)18-12(15(22)23)6-4-3-5-7-24-9-11(17)14(20)21;1-6(17)9-8-4-7(15-3-2-14-5-13)10(12(19)20)16(8)11(9)18;/h6,10-11H,3-5,7-9,17H2,1-2H3,(H,18,19)(H,20,21)(H,22,23);5-6,8-9,15,17H,2-4H2,1H3,(H2,13,14)(H,19,20);/q;;+1/p-1/b12-6+;;/t10-,11-;6-,8-,9-;/m11./s1. The van der Waals surface area contributed by atoms with E-state index in [4.69, 9.17) is 16.6 Å². The number of hydrogen-bond acceptors (Lipinski definition) is 11. The number of carbonyl (C=O) groups is 5. The molecule has 2 heterocycles. The Balaban J connectivity index is 0.000000446. The monoisotopic (exact) mass is 662 g/mol. The van der Waals surface area contributed by atoms with Gasteiger partial charge in [-0.2, -0.15) is 11.8 Å². The van der Waals surface area contributed by atoms with Gasteiger partial charge in [0.15, 0.2) is 0 Å². The van der Waals surface area contributed by atoms with Gasteiger partial charge in [0.05, 0.1) is 42.6 Å². The fraction of sp³-hybridized carbons (Fsp3) is 0.643. The minimum Gasteiger partial charge on any atom is -0.543 e. The van der Waals surface area contributed by atoms with Crippen molar-refractivity contribution in [2.24, 2.45) is 33.7 Å². The number of nitrogens with two attached hydrogens (primary N) is 2. The predicted molar refractivity (Wildman–Crippen MR) is 161 cm³/mol. The van der Waals surface area contributed by atoms with Gasteiger partial charge in [0.1, 0.15) is 11.7 Å². The van der Waals surface area contributed by atoms with E-state index in [-0.39, 0.29) is 70.1 Å². The Kier molecular flexibility index (Phi) is 16.6. The van der Waals surface area contributed by atoms with Crippen molar-refractivity contribution >= 4 is 47.8 Å². The number of carboxylic acid groups (broad SMARTS) is 3. The van der Waals surface area contributed by atoms with Crippen molar-refractivity contribution in [2.75, 3.05) is 24.6 Å². The van der Waals surface area contributed by atoms with Crippen molar-refractivity contribution in [3.05, 3.63) is 23.2 Å². The van der Waals surface area contributed by atoms with Crippen molar-refractivity contribution in [1.29, 1.82) is 0 Å². The first-order chi connectivity index (χ1) is 20.6. The quantitative estimate of drug-likeness (QED) is 0.0194. The molecule has 1 aliphatic carbocycles. The molecule has 0 aromatic heterocycles. The van der Waals surface area contributed by atoms with Crippen LogP contribution >= 0.6 is 11.8 Å². The average Bonchev–Trinajstić information content (AvgIpc) is 3.46. The molecule has 0 spiro atoms. The summed E-state index contributed by atoms with van der Waals surface area (Å²) in [6.07, 6.45) is 5.08. The Labute approximate surface area is 288 Å². The fourth-order valence-corrected chi connectivity index (χ4v) is 5.94. The molecule has 1 saturated heterocycles. The Morgan fingerprint density at radius 1 is 1.24 bits per heavy atom. The normalized spacial score (nSPS) is 22.7. The average molecular weight is 663 g/mol. The zero-order valence-electron chi connectivity index (χ0n) is 26.2. The summed E-state index contributed by atoms with van der Waals surface area (Å²) in [6.45, 7) is 6.34. The van der Waals surface area contributed by atoms with Crippen LogP contribution in [0.1, 0.15) is 52.9 Å². The zero-order valence-corrected chi connectivity index (χ0v) is 29.0. The van der Waals surface area contributed by atoms with Crippen molar-refractivity contribution in [3.8, 4) is 0 Å². The molecule has 2 amide bonds. The van der Waals surface area contributed by atoms with Gasteiger partial charge >= 0.3 is 41.5 Å². The molecule has 0 unspecified atom stereocenters. The molecule has 9 N–H and O–H groups in total. The van der Waals surface area contributed by atoms with Gasteiger partial charge in [-0.05, 0) is 43.8 Å². The van der Waals surface area contributed by atoms with Crippen molar-refractivity contribution < 1.29 is 74.0 Å². The number of unbranched alkanes of at least 4 members (excludes halogenated alkanes) is 2. The number of hydrogen-bond donors (Lipinski definition) is 7. The molecular formula is C28H43N6NaO9S. The summed E-state index contributed by atoms with van der Waals surface area (Å²) in [6, 6.07) is -1.13. The van der Waals surface area contributed by atoms with Crippen molar-refractivity contribution in [2.45, 2.75) is 71.1 Å². The molecule has 3 rings (SSSR count). The van der Waals surface area contributed by atoms with E-state index < -0.39 is 36.0 Å². The number of amides is 2. The molecule has 2 fully saturated rings. The van der Waals surface area contributed by atoms with Gasteiger partial charge in [0.25, 0.3) is 0 Å². The summed E-state index contributed by atoms with van der Waals surface area (Å²) in [7, 11) is 0. The Bertz CT molecular complexity index is 1190. The minimum atomic E-state index is -1.39. The smallest absolute Gasteiger partial charge is 0.543 e. The summed E-state index contributed by atoms with van der Waals surface area (Å²) >= 11 is 1.45. The van der Waals surface area contributed by atoms with Crippen LogP contribution in [0.4, 0.5) is 0 Å². The molecule has 17 heteroatoms. The molecule has 0 bridgehead atoms. The first kappa shape index (κ1) is 40.4. The van der Waals surface area contributed by atoms with Gasteiger partial charge in [-0.25, -0.2) is 4.79 Å². The molecule has 2 aliphatic heterocycles. The molecule has 5 atom stereocenters. The zero-order chi connectivity index (χ0) is 33.2. The SMILES string of the molecule is CC1(C)C[C@@H]1C(=O)N/C(=C/CCCCSC[C@@H](N)C(=O)O)C(=O)[O-].C[C@@H](O)[C@H]1C(=O)N2C(C(=O)O)=C(NCCN=CN)C[C@H]12.[Na+]. The van der Waals surface area contributed by atoms with E-state index in [2.05, 4.69) is 15.6 Å². The molecule has 246 valence electrons. The van der Waals surface area contributed by atoms with E-state index in [1.807, 2.05) is 13.8 Å². The van der Waals surface area contributed by atoms with Crippen LogP contribution in [0.2, 0.25) is 0 Å². The second kappa shape index (κ2) is 18.5. The Hall–Kier alpha value is -2.63. The third kappa shape index (κ3) is 11.6. The van der Waals surface area contributed by atoms with Gasteiger partial charge in [-0.1, -0.05) is 19.9 Å². The van der Waals surface area contributed by atoms with Gasteiger partial charge in [-0.3, -0.25) is 24.3 Å². The van der Waals surface area contributed by atoms with Gasteiger partial charge in [0, 0.05) is 30.3 Å². The van der Waals surface area contributed by atoms with Gasteiger partial charge in [0.2, 0.25) is 11.8 Å². The predicted octanol–water partition coefficient (Wildman–Crippen LogP) is -4.43. The summed E-state index contributed by atoms with van der Waals surface area (Å²) in [5.41, 5.74) is 10.7. The molecule has 0 aromatic carbocycles. The number of β-lactam (4-membered cyclic amide) rings is 1. The third-order valence-electron chi connectivity index (χ3n) is 7.63. The first-order valence-corrected chi connectivity index (χ1v) is 15.5. The second-order valence-corrected chi connectivity index (χ2v) is 12.7. The number of carbonyl (C=O) groups excluding carboxylic acids is 3. The largest absolute Gasteiger partial charge is 1.00 e. The van der Waals surface area contributed by atoms with Crippen molar-refractivity contribution in [3.63, 3.8) is 0 Å². The fourth-order valence-electron chi connectivity index (χ4n) is 4.97. The van der Waals surface area contributed by atoms with Crippen LogP contribution in [-0.2, 0) is 24.0 Å². The summed E-state index contributed by atoms with van der Waals surface area (Å²) < 4.78 is 0. The van der Waals surface area contributed by atoms with Crippen molar-refractivity contribution in [1.82, 2.24) is 15.5 Å². The van der Waals surface area contributed by atoms with Crippen LogP contribution in [0.15, 0.2) is 28.2 Å². The number of rotatable bonds is 17. The van der Waals surface area contributed by atoms with E-state index in [0.29, 0.717) is 37.4 Å². The summed E-state index contributed by atoms with van der Waals surface area (Å²) in [4.78, 5) is 61.8. The number of aliphatic hydroxyl groups excluding tert-OH is 1. The second-order valence-electron chi connectivity index (χ2n) is 11.5. The Morgan fingerprint density at radius 2 is 1.89 bits per heavy atom. The van der Waals surface area contributed by atoms with Crippen LogP contribution in [0.25, 0.3) is 0 Å². The number of fused-ring (bicyclic) bond motifs is 1. The van der Waals surface area contributed by atoms with Crippen LogP contribution in [0, 0.1) is 17.3 Å². The number of allylic oxidation sites excluding steroid dienone is 1. The number of aliphatic carboxylic acids is 3.